The number of carboxylic acids is 1. The number of rotatable bonds is 8. The number of esters is 1. The molecule has 1 unspecified atom stereocenters. The van der Waals surface area contributed by atoms with Gasteiger partial charge in [0.2, 0.25) is 0 Å². The standard InChI is InChI=1S/C15H21NO4/c1-3-20-14(17)10-13(16-11(2)15(18)19)9-12-7-5-4-6-8-12/h4-8,11,13,16H,3,9-10H2,1-2H3,(H,18,19)/t11-,13?/m0/s1. The van der Waals surface area contributed by atoms with Gasteiger partial charge in [-0.1, -0.05) is 30.3 Å². The van der Waals surface area contributed by atoms with Gasteiger partial charge >= 0.3 is 11.9 Å². The van der Waals surface area contributed by atoms with Gasteiger partial charge in [-0.05, 0) is 25.8 Å². The second-order valence-corrected chi connectivity index (χ2v) is 4.62. The van der Waals surface area contributed by atoms with Crippen LogP contribution in [0.1, 0.15) is 25.8 Å². The first kappa shape index (κ1) is 16.2. The Kier molecular flexibility index (Phi) is 6.73. The monoisotopic (exact) mass is 279 g/mol. The highest BCUT2D eigenvalue weighted by molar-refractivity contribution is 5.73. The SMILES string of the molecule is CCOC(=O)CC(Cc1ccccc1)N[C@@H](C)C(=O)O. The normalized spacial score (nSPS) is 13.5. The Balaban J connectivity index is 2.68. The molecule has 2 N–H and O–H groups in total. The highest BCUT2D eigenvalue weighted by Crippen LogP contribution is 2.08. The van der Waals surface area contributed by atoms with E-state index in [1.807, 2.05) is 30.3 Å². The second-order valence-electron chi connectivity index (χ2n) is 4.62. The number of benzene rings is 1. The number of aliphatic carboxylic acids is 1. The van der Waals surface area contributed by atoms with Crippen LogP contribution in [0.3, 0.4) is 0 Å². The number of carbonyl (C=O) groups excluding carboxylic acids is 1. The highest BCUT2D eigenvalue weighted by Gasteiger charge is 2.20. The molecule has 20 heavy (non-hydrogen) atoms. The first-order valence-corrected chi connectivity index (χ1v) is 6.71. The minimum absolute atomic E-state index is 0.153. The summed E-state index contributed by atoms with van der Waals surface area (Å²) in [5.74, 6) is -1.26. The van der Waals surface area contributed by atoms with Gasteiger partial charge in [-0.25, -0.2) is 0 Å². The van der Waals surface area contributed by atoms with Crippen LogP contribution in [0.4, 0.5) is 0 Å². The molecule has 0 fully saturated rings. The number of carbonyl (C=O) groups is 2. The van der Waals surface area contributed by atoms with E-state index in [1.54, 1.807) is 13.8 Å². The van der Waals surface area contributed by atoms with Gasteiger partial charge < -0.3 is 15.2 Å². The summed E-state index contributed by atoms with van der Waals surface area (Å²) in [6.45, 7) is 3.63. The molecule has 1 aromatic carbocycles. The summed E-state index contributed by atoms with van der Waals surface area (Å²) in [5, 5.41) is 11.9. The fraction of sp³-hybridized carbons (Fsp3) is 0.467. The smallest absolute Gasteiger partial charge is 0.320 e. The van der Waals surface area contributed by atoms with Crippen LogP contribution in [-0.2, 0) is 20.7 Å². The van der Waals surface area contributed by atoms with E-state index in [0.29, 0.717) is 13.0 Å². The minimum atomic E-state index is -0.938. The van der Waals surface area contributed by atoms with Crippen molar-refractivity contribution in [2.24, 2.45) is 0 Å². The molecule has 0 aliphatic heterocycles. The van der Waals surface area contributed by atoms with Crippen LogP contribution >= 0.6 is 0 Å². The van der Waals surface area contributed by atoms with Gasteiger partial charge in [0, 0.05) is 6.04 Å². The van der Waals surface area contributed by atoms with Crippen molar-refractivity contribution in [2.45, 2.75) is 38.8 Å². The van der Waals surface area contributed by atoms with Crippen molar-refractivity contribution in [3.8, 4) is 0 Å². The van der Waals surface area contributed by atoms with Crippen molar-refractivity contribution in [1.29, 1.82) is 0 Å². The third kappa shape index (κ3) is 5.84. The summed E-state index contributed by atoms with van der Waals surface area (Å²) in [4.78, 5) is 22.5. The molecule has 1 rings (SSSR count). The van der Waals surface area contributed by atoms with Gasteiger partial charge in [0.15, 0.2) is 0 Å². The second kappa shape index (κ2) is 8.32. The molecule has 0 saturated heterocycles. The molecule has 0 aliphatic carbocycles. The molecule has 0 heterocycles. The zero-order valence-electron chi connectivity index (χ0n) is 11.8. The molecule has 0 saturated carbocycles. The first-order valence-electron chi connectivity index (χ1n) is 6.71. The maximum Gasteiger partial charge on any atom is 0.320 e. The zero-order valence-corrected chi connectivity index (χ0v) is 11.8. The van der Waals surface area contributed by atoms with Gasteiger partial charge in [-0.15, -0.1) is 0 Å². The lowest BCUT2D eigenvalue weighted by Gasteiger charge is -2.20. The van der Waals surface area contributed by atoms with Gasteiger partial charge in [0.25, 0.3) is 0 Å². The predicted molar refractivity (Wildman–Crippen MR) is 75.4 cm³/mol. The van der Waals surface area contributed by atoms with E-state index in [0.717, 1.165) is 5.56 Å². The quantitative estimate of drug-likeness (QED) is 0.707. The number of nitrogens with one attached hydrogen (secondary N) is 1. The Morgan fingerprint density at radius 3 is 2.50 bits per heavy atom. The van der Waals surface area contributed by atoms with Crippen LogP contribution in [-0.4, -0.2) is 35.7 Å². The third-order valence-electron chi connectivity index (χ3n) is 2.90. The Labute approximate surface area is 118 Å². The highest BCUT2D eigenvalue weighted by atomic mass is 16.5. The van der Waals surface area contributed by atoms with Crippen molar-refractivity contribution < 1.29 is 19.4 Å². The maximum atomic E-state index is 11.6. The van der Waals surface area contributed by atoms with Crippen molar-refractivity contribution in [3.05, 3.63) is 35.9 Å². The first-order chi connectivity index (χ1) is 9.52. The molecular weight excluding hydrogens is 258 g/mol. The molecule has 110 valence electrons. The Bertz CT molecular complexity index is 433. The van der Waals surface area contributed by atoms with E-state index in [4.69, 9.17) is 9.84 Å². The Morgan fingerprint density at radius 1 is 1.30 bits per heavy atom. The van der Waals surface area contributed by atoms with Gasteiger partial charge in [-0.3, -0.25) is 9.59 Å². The average molecular weight is 279 g/mol. The van der Waals surface area contributed by atoms with E-state index < -0.39 is 12.0 Å². The molecular formula is C15H21NO4. The molecule has 2 atom stereocenters. The summed E-state index contributed by atoms with van der Waals surface area (Å²) < 4.78 is 4.93. The van der Waals surface area contributed by atoms with Crippen LogP contribution in [0.5, 0.6) is 0 Å². The lowest BCUT2D eigenvalue weighted by molar-refractivity contribution is -0.145. The van der Waals surface area contributed by atoms with Gasteiger partial charge in [-0.2, -0.15) is 0 Å². The number of hydrogen-bond donors (Lipinski definition) is 2. The van der Waals surface area contributed by atoms with Crippen molar-refractivity contribution in [2.75, 3.05) is 6.61 Å². The fourth-order valence-corrected chi connectivity index (χ4v) is 1.93. The Hall–Kier alpha value is -1.88. The lowest BCUT2D eigenvalue weighted by atomic mass is 10.0. The largest absolute Gasteiger partial charge is 0.480 e. The molecule has 0 radical (unpaired) electrons. The van der Waals surface area contributed by atoms with Crippen LogP contribution in [0.15, 0.2) is 30.3 Å². The third-order valence-corrected chi connectivity index (χ3v) is 2.90. The van der Waals surface area contributed by atoms with Crippen molar-refractivity contribution in [3.63, 3.8) is 0 Å². The van der Waals surface area contributed by atoms with Crippen molar-refractivity contribution >= 4 is 11.9 Å². The molecule has 0 aliphatic rings. The average Bonchev–Trinajstić information content (AvgIpc) is 2.39. The summed E-state index contributed by atoms with van der Waals surface area (Å²) in [7, 11) is 0. The van der Waals surface area contributed by atoms with E-state index >= 15 is 0 Å². The summed E-state index contributed by atoms with van der Waals surface area (Å²) in [6, 6.07) is 8.67. The summed E-state index contributed by atoms with van der Waals surface area (Å²) >= 11 is 0. The van der Waals surface area contributed by atoms with E-state index in [1.165, 1.54) is 0 Å². The van der Waals surface area contributed by atoms with E-state index in [-0.39, 0.29) is 18.4 Å². The minimum Gasteiger partial charge on any atom is -0.480 e. The number of hydrogen-bond acceptors (Lipinski definition) is 4. The summed E-state index contributed by atoms with van der Waals surface area (Å²) in [5.41, 5.74) is 1.05. The van der Waals surface area contributed by atoms with Crippen molar-refractivity contribution in [1.82, 2.24) is 5.32 Å². The molecule has 5 heteroatoms. The maximum absolute atomic E-state index is 11.6. The molecule has 5 nitrogen and oxygen atoms in total. The van der Waals surface area contributed by atoms with Crippen LogP contribution in [0.2, 0.25) is 0 Å². The molecule has 0 amide bonds. The van der Waals surface area contributed by atoms with Crippen LogP contribution in [0.25, 0.3) is 0 Å². The molecule has 0 aromatic heterocycles. The summed E-state index contributed by atoms with van der Waals surface area (Å²) in [6.07, 6.45) is 0.734. The molecule has 0 bridgehead atoms. The number of ether oxygens (including phenoxy) is 1. The molecule has 1 aromatic rings. The van der Waals surface area contributed by atoms with Crippen LogP contribution in [0, 0.1) is 0 Å². The van der Waals surface area contributed by atoms with Crippen LogP contribution < -0.4 is 5.32 Å². The van der Waals surface area contributed by atoms with Gasteiger partial charge in [0.1, 0.15) is 6.04 Å². The fourth-order valence-electron chi connectivity index (χ4n) is 1.93. The van der Waals surface area contributed by atoms with E-state index in [2.05, 4.69) is 5.32 Å². The van der Waals surface area contributed by atoms with E-state index in [9.17, 15) is 9.59 Å². The molecule has 0 spiro atoms. The zero-order chi connectivity index (χ0) is 15.0. The predicted octanol–water partition coefficient (Wildman–Crippen LogP) is 1.61. The lowest BCUT2D eigenvalue weighted by Crippen LogP contribution is -2.43. The number of carboxylic acid groups (broad SMARTS) is 1. The van der Waals surface area contributed by atoms with Gasteiger partial charge in [0.05, 0.1) is 13.0 Å². The Morgan fingerprint density at radius 2 is 1.95 bits per heavy atom. The topological polar surface area (TPSA) is 75.6 Å².